The van der Waals surface area contributed by atoms with Crippen LogP contribution in [0.4, 0.5) is 0 Å². The van der Waals surface area contributed by atoms with Crippen LogP contribution in [0.15, 0.2) is 64.6 Å². The summed E-state index contributed by atoms with van der Waals surface area (Å²) >= 11 is 1.56. The zero-order chi connectivity index (χ0) is 22.7. The maximum Gasteiger partial charge on any atom is 0.243 e. The molecule has 9 heteroatoms. The average molecular weight is 471 g/mol. The molecule has 1 saturated carbocycles. The Bertz CT molecular complexity index is 1200. The second-order valence-electron chi connectivity index (χ2n) is 7.62. The first-order chi connectivity index (χ1) is 15.4. The predicted molar refractivity (Wildman–Crippen MR) is 125 cm³/mol. The number of hydrogen-bond donors (Lipinski definition) is 0. The molecule has 0 bridgehead atoms. The summed E-state index contributed by atoms with van der Waals surface area (Å²) in [6.45, 7) is 4.47. The minimum absolute atomic E-state index is 0.177. The first kappa shape index (κ1) is 22.7. The molecular formula is C23H26N4O3S2. The monoisotopic (exact) mass is 470 g/mol. The largest absolute Gasteiger partial charge is 0.300 e. The van der Waals surface area contributed by atoms with Crippen molar-refractivity contribution in [2.75, 3.05) is 13.1 Å². The molecule has 1 aromatic heterocycles. The van der Waals surface area contributed by atoms with E-state index in [9.17, 15) is 13.2 Å². The molecule has 168 valence electrons. The number of nitrogens with zero attached hydrogens (tertiary/aromatic N) is 4. The van der Waals surface area contributed by atoms with Gasteiger partial charge in [-0.2, -0.15) is 4.31 Å². The van der Waals surface area contributed by atoms with Gasteiger partial charge in [0.2, 0.25) is 10.0 Å². The fourth-order valence-corrected chi connectivity index (χ4v) is 6.57. The normalized spacial score (nSPS) is 16.7. The van der Waals surface area contributed by atoms with Crippen molar-refractivity contribution < 1.29 is 13.2 Å². The molecule has 0 radical (unpaired) electrons. The van der Waals surface area contributed by atoms with E-state index in [1.54, 1.807) is 30.0 Å². The molecule has 1 aliphatic carbocycles. The third kappa shape index (κ3) is 4.51. The minimum Gasteiger partial charge on any atom is -0.300 e. The standard InChI is InChI=1S/C23H26N4O3S2/c1-3-26(4-2)32(29,30)21-12-8-9-17(15-21)22-24-25-23(31-20-14-13-19(28)16-20)27(22)18-10-6-5-7-11-18/h5-12,15,20H,3-4,13-14,16H2,1-2H3. The van der Waals surface area contributed by atoms with Gasteiger partial charge in [0.1, 0.15) is 5.78 Å². The van der Waals surface area contributed by atoms with Crippen molar-refractivity contribution >= 4 is 27.6 Å². The van der Waals surface area contributed by atoms with Crippen molar-refractivity contribution in [1.82, 2.24) is 19.1 Å². The Labute approximate surface area is 192 Å². The van der Waals surface area contributed by atoms with E-state index < -0.39 is 10.0 Å². The lowest BCUT2D eigenvalue weighted by atomic mass is 10.2. The number of para-hydroxylation sites is 1. The summed E-state index contributed by atoms with van der Waals surface area (Å²) in [6, 6.07) is 16.6. The molecule has 0 spiro atoms. The van der Waals surface area contributed by atoms with Crippen molar-refractivity contribution in [2.45, 2.75) is 48.4 Å². The average Bonchev–Trinajstić information content (AvgIpc) is 3.41. The second kappa shape index (κ2) is 9.56. The van der Waals surface area contributed by atoms with E-state index in [0.717, 1.165) is 12.1 Å². The maximum atomic E-state index is 13.0. The first-order valence-corrected chi connectivity index (χ1v) is 13.1. The van der Waals surface area contributed by atoms with Crippen LogP contribution in [-0.2, 0) is 14.8 Å². The lowest BCUT2D eigenvalue weighted by Gasteiger charge is -2.19. The van der Waals surface area contributed by atoms with Gasteiger partial charge < -0.3 is 0 Å². The number of ketones is 1. The Morgan fingerprint density at radius 2 is 1.81 bits per heavy atom. The van der Waals surface area contributed by atoms with Gasteiger partial charge >= 0.3 is 0 Å². The van der Waals surface area contributed by atoms with Crippen LogP contribution in [0.1, 0.15) is 33.1 Å². The van der Waals surface area contributed by atoms with Crippen LogP contribution in [0, 0.1) is 0 Å². The molecule has 1 aliphatic rings. The number of rotatable bonds is 8. The molecule has 1 atom stereocenters. The zero-order valence-corrected chi connectivity index (χ0v) is 19.8. The molecule has 0 saturated heterocycles. The van der Waals surface area contributed by atoms with Gasteiger partial charge in [0, 0.05) is 42.4 Å². The quantitative estimate of drug-likeness (QED) is 0.491. The van der Waals surface area contributed by atoms with E-state index >= 15 is 0 Å². The third-order valence-corrected chi connectivity index (χ3v) is 8.81. The maximum absolute atomic E-state index is 13.0. The zero-order valence-electron chi connectivity index (χ0n) is 18.1. The molecule has 0 N–H and O–H groups in total. The fraction of sp³-hybridized carbons (Fsp3) is 0.348. The number of Topliss-reactive ketones (excluding diaryl/α,β-unsaturated/α-hetero) is 1. The van der Waals surface area contributed by atoms with Gasteiger partial charge in [-0.1, -0.05) is 55.9 Å². The Morgan fingerprint density at radius 3 is 2.47 bits per heavy atom. The third-order valence-electron chi connectivity index (χ3n) is 5.56. The molecule has 1 fully saturated rings. The van der Waals surface area contributed by atoms with E-state index in [4.69, 9.17) is 0 Å². The van der Waals surface area contributed by atoms with Gasteiger partial charge in [-0.05, 0) is 30.7 Å². The summed E-state index contributed by atoms with van der Waals surface area (Å²) in [5.41, 5.74) is 1.56. The summed E-state index contributed by atoms with van der Waals surface area (Å²) in [5.74, 6) is 0.849. The Kier molecular flexibility index (Phi) is 6.78. The summed E-state index contributed by atoms with van der Waals surface area (Å²) in [6.07, 6.45) is 1.98. The first-order valence-electron chi connectivity index (χ1n) is 10.7. The van der Waals surface area contributed by atoms with E-state index in [2.05, 4.69) is 10.2 Å². The van der Waals surface area contributed by atoms with Gasteiger partial charge in [0.25, 0.3) is 0 Å². The number of carbonyl (C=O) groups excluding carboxylic acids is 1. The van der Waals surface area contributed by atoms with Crippen molar-refractivity contribution in [3.63, 3.8) is 0 Å². The van der Waals surface area contributed by atoms with Crippen molar-refractivity contribution in [3.05, 3.63) is 54.6 Å². The molecule has 1 unspecified atom stereocenters. The molecular weight excluding hydrogens is 444 g/mol. The number of hydrogen-bond acceptors (Lipinski definition) is 6. The van der Waals surface area contributed by atoms with Gasteiger partial charge in [0.05, 0.1) is 4.90 Å². The molecule has 4 rings (SSSR count). The highest BCUT2D eigenvalue weighted by atomic mass is 32.2. The molecule has 3 aromatic rings. The highest BCUT2D eigenvalue weighted by Gasteiger charge is 2.27. The second-order valence-corrected chi connectivity index (χ2v) is 10.8. The molecule has 1 heterocycles. The van der Waals surface area contributed by atoms with Crippen molar-refractivity contribution in [2.24, 2.45) is 0 Å². The fourth-order valence-electron chi connectivity index (χ4n) is 3.88. The summed E-state index contributed by atoms with van der Waals surface area (Å²) in [7, 11) is -3.59. The van der Waals surface area contributed by atoms with Gasteiger partial charge in [-0.3, -0.25) is 9.36 Å². The topological polar surface area (TPSA) is 85.2 Å². The van der Waals surface area contributed by atoms with Crippen LogP contribution in [0.5, 0.6) is 0 Å². The predicted octanol–water partition coefficient (Wildman–Crippen LogP) is 4.18. The summed E-state index contributed by atoms with van der Waals surface area (Å²) in [5, 5.41) is 9.73. The highest BCUT2D eigenvalue weighted by Crippen LogP contribution is 2.36. The molecule has 0 amide bonds. The van der Waals surface area contributed by atoms with E-state index in [1.165, 1.54) is 4.31 Å². The van der Waals surface area contributed by atoms with Crippen molar-refractivity contribution in [3.8, 4) is 17.1 Å². The van der Waals surface area contributed by atoms with Crippen LogP contribution in [0.2, 0.25) is 0 Å². The number of thioether (sulfide) groups is 1. The molecule has 2 aromatic carbocycles. The Hall–Kier alpha value is -2.49. The lowest BCUT2D eigenvalue weighted by Crippen LogP contribution is -2.30. The minimum atomic E-state index is -3.59. The van der Waals surface area contributed by atoms with Gasteiger partial charge in [-0.15, -0.1) is 10.2 Å². The highest BCUT2D eigenvalue weighted by molar-refractivity contribution is 7.99. The molecule has 32 heavy (non-hydrogen) atoms. The lowest BCUT2D eigenvalue weighted by molar-refractivity contribution is -0.117. The van der Waals surface area contributed by atoms with E-state index in [0.29, 0.717) is 42.5 Å². The summed E-state index contributed by atoms with van der Waals surface area (Å²) in [4.78, 5) is 12.0. The number of carbonyl (C=O) groups is 1. The van der Waals surface area contributed by atoms with Crippen LogP contribution < -0.4 is 0 Å². The van der Waals surface area contributed by atoms with Crippen LogP contribution in [0.3, 0.4) is 0 Å². The smallest absolute Gasteiger partial charge is 0.243 e. The van der Waals surface area contributed by atoms with Gasteiger partial charge in [-0.25, -0.2) is 8.42 Å². The number of aromatic nitrogens is 3. The number of benzene rings is 2. The van der Waals surface area contributed by atoms with Crippen LogP contribution in [0.25, 0.3) is 17.1 Å². The Morgan fingerprint density at radius 1 is 1.06 bits per heavy atom. The Balaban J connectivity index is 1.78. The SMILES string of the molecule is CCN(CC)S(=O)(=O)c1cccc(-c2nnc(SC3CCC(=O)C3)n2-c2ccccc2)c1. The van der Waals surface area contributed by atoms with Crippen LogP contribution >= 0.6 is 11.8 Å². The van der Waals surface area contributed by atoms with Crippen molar-refractivity contribution in [1.29, 1.82) is 0 Å². The van der Waals surface area contributed by atoms with Crippen LogP contribution in [-0.4, -0.2) is 51.6 Å². The van der Waals surface area contributed by atoms with E-state index in [1.807, 2.05) is 54.8 Å². The summed E-state index contributed by atoms with van der Waals surface area (Å²) < 4.78 is 29.5. The van der Waals surface area contributed by atoms with Gasteiger partial charge in [0.15, 0.2) is 11.0 Å². The number of sulfonamides is 1. The van der Waals surface area contributed by atoms with E-state index in [-0.39, 0.29) is 15.9 Å². The molecule has 0 aliphatic heterocycles. The molecule has 7 nitrogen and oxygen atoms in total.